The lowest BCUT2D eigenvalue weighted by atomic mass is 9.66. The number of carbonyl (C=O) groups is 2. The molecule has 0 saturated carbocycles. The summed E-state index contributed by atoms with van der Waals surface area (Å²) in [6, 6.07) is 6.03. The molecule has 1 aromatic heterocycles. The Hall–Kier alpha value is -3.17. The van der Waals surface area contributed by atoms with Gasteiger partial charge in [0, 0.05) is 37.3 Å². The van der Waals surface area contributed by atoms with Crippen molar-refractivity contribution < 1.29 is 18.7 Å². The van der Waals surface area contributed by atoms with Gasteiger partial charge >= 0.3 is 0 Å². The molecule has 6 rings (SSSR count). The molecule has 0 radical (unpaired) electrons. The predicted octanol–water partition coefficient (Wildman–Crippen LogP) is 4.47. The SMILES string of the molecule is C=CC(=O)N1CCN2C(=O)c3c(N4CCC5(CCN(C)CC5)C4(C)C)nc(-c4ccccc4F)c(Cl)c3OC[C@H]2C1. The Bertz CT molecular complexity index is 1410. The van der Waals surface area contributed by atoms with Gasteiger partial charge in [-0.2, -0.15) is 0 Å². The van der Waals surface area contributed by atoms with Gasteiger partial charge in [-0.05, 0) is 76.9 Å². The number of aromatic nitrogens is 1. The first-order chi connectivity index (χ1) is 19.6. The summed E-state index contributed by atoms with van der Waals surface area (Å²) in [7, 11) is 2.16. The first kappa shape index (κ1) is 28.0. The van der Waals surface area contributed by atoms with Gasteiger partial charge in [0.2, 0.25) is 5.91 Å². The number of piperazine rings is 1. The fourth-order valence-electron chi connectivity index (χ4n) is 7.28. The number of nitrogens with zero attached hydrogens (tertiary/aromatic N) is 5. The van der Waals surface area contributed by atoms with Crippen molar-refractivity contribution in [3.63, 3.8) is 0 Å². The summed E-state index contributed by atoms with van der Waals surface area (Å²) in [6.07, 6.45) is 4.36. The van der Waals surface area contributed by atoms with Crippen molar-refractivity contribution in [3.8, 4) is 17.0 Å². The van der Waals surface area contributed by atoms with Crippen molar-refractivity contribution in [1.82, 2.24) is 19.7 Å². The van der Waals surface area contributed by atoms with Crippen molar-refractivity contribution in [2.24, 2.45) is 5.41 Å². The summed E-state index contributed by atoms with van der Waals surface area (Å²) in [5.74, 6) is -0.132. The van der Waals surface area contributed by atoms with Crippen LogP contribution in [0.1, 0.15) is 43.5 Å². The number of fused-ring (bicyclic) bond motifs is 2. The minimum absolute atomic E-state index is 0.0553. The van der Waals surface area contributed by atoms with Crippen molar-refractivity contribution in [2.75, 3.05) is 57.8 Å². The van der Waals surface area contributed by atoms with E-state index in [1.54, 1.807) is 28.0 Å². The topological polar surface area (TPSA) is 69.2 Å². The van der Waals surface area contributed by atoms with Crippen LogP contribution in [0.3, 0.4) is 0 Å². The number of ether oxygens (including phenoxy) is 1. The number of rotatable bonds is 3. The van der Waals surface area contributed by atoms with E-state index in [1.807, 2.05) is 0 Å². The lowest BCUT2D eigenvalue weighted by Gasteiger charge is -2.49. The second-order valence-electron chi connectivity index (χ2n) is 12.3. The Morgan fingerprint density at radius 3 is 2.56 bits per heavy atom. The number of benzene rings is 1. The van der Waals surface area contributed by atoms with Crippen LogP contribution in [-0.4, -0.2) is 96.0 Å². The third-order valence-electron chi connectivity index (χ3n) is 10.1. The molecule has 0 bridgehead atoms. The van der Waals surface area contributed by atoms with E-state index in [0.29, 0.717) is 37.6 Å². The van der Waals surface area contributed by atoms with Crippen LogP contribution in [0.2, 0.25) is 5.02 Å². The quantitative estimate of drug-likeness (QED) is 0.498. The molecule has 5 heterocycles. The maximum atomic E-state index is 15.1. The number of pyridine rings is 1. The number of halogens is 2. The van der Waals surface area contributed by atoms with Crippen molar-refractivity contribution in [2.45, 2.75) is 44.7 Å². The molecular formula is C31H37ClFN5O3. The van der Waals surface area contributed by atoms with Crippen molar-refractivity contribution in [1.29, 1.82) is 0 Å². The fraction of sp³-hybridized carbons (Fsp3) is 0.516. The fourth-order valence-corrected chi connectivity index (χ4v) is 7.57. The molecule has 0 aliphatic carbocycles. The van der Waals surface area contributed by atoms with Gasteiger partial charge < -0.3 is 24.3 Å². The Labute approximate surface area is 245 Å². The average Bonchev–Trinajstić information content (AvgIpc) is 3.11. The molecule has 218 valence electrons. The van der Waals surface area contributed by atoms with E-state index in [1.165, 1.54) is 12.1 Å². The standard InChI is InChI=1S/C31H37ClFN5O3/c1-5-23(39)36-16-17-37-20(18-36)19-41-27-24(29(37)40)28(34-26(25(27)32)21-8-6-7-9-22(21)33)38-15-12-31(30(38,2)3)10-13-35(4)14-11-31/h5-9,20H,1,10-19H2,2-4H3/t20-/m1/s1. The van der Waals surface area contributed by atoms with E-state index in [0.717, 1.165) is 32.4 Å². The van der Waals surface area contributed by atoms with Gasteiger partial charge in [0.05, 0.1) is 11.7 Å². The molecule has 1 atom stereocenters. The number of likely N-dealkylation sites (tertiary alicyclic amines) is 1. The monoisotopic (exact) mass is 581 g/mol. The van der Waals surface area contributed by atoms with Gasteiger partial charge in [0.15, 0.2) is 5.75 Å². The highest BCUT2D eigenvalue weighted by Crippen LogP contribution is 2.55. The van der Waals surface area contributed by atoms with E-state index in [-0.39, 0.29) is 57.4 Å². The molecule has 1 aromatic carbocycles. The Kier molecular flexibility index (Phi) is 7.01. The summed E-state index contributed by atoms with van der Waals surface area (Å²) < 4.78 is 21.5. The van der Waals surface area contributed by atoms with Crippen LogP contribution in [0, 0.1) is 11.2 Å². The minimum atomic E-state index is -0.448. The number of piperidine rings is 1. The maximum Gasteiger partial charge on any atom is 0.261 e. The second-order valence-corrected chi connectivity index (χ2v) is 12.7. The largest absolute Gasteiger partial charge is 0.489 e. The number of hydrogen-bond acceptors (Lipinski definition) is 6. The van der Waals surface area contributed by atoms with Gasteiger partial charge in [0.25, 0.3) is 5.91 Å². The molecule has 4 aliphatic rings. The highest BCUT2D eigenvalue weighted by Gasteiger charge is 2.55. The summed E-state index contributed by atoms with van der Waals surface area (Å²) in [5.41, 5.74) is 0.568. The molecule has 3 saturated heterocycles. The average molecular weight is 582 g/mol. The normalized spacial score (nSPS) is 23.6. The van der Waals surface area contributed by atoms with E-state index < -0.39 is 5.82 Å². The molecule has 0 unspecified atom stereocenters. The van der Waals surface area contributed by atoms with Crippen LogP contribution >= 0.6 is 11.6 Å². The zero-order valence-electron chi connectivity index (χ0n) is 24.0. The van der Waals surface area contributed by atoms with Gasteiger partial charge in [-0.1, -0.05) is 30.3 Å². The predicted molar refractivity (Wildman–Crippen MR) is 157 cm³/mol. The first-order valence-electron chi connectivity index (χ1n) is 14.4. The summed E-state index contributed by atoms with van der Waals surface area (Å²) in [6.45, 7) is 12.1. The molecule has 0 N–H and O–H groups in total. The first-order valence-corrected chi connectivity index (χ1v) is 14.8. The molecule has 10 heteroatoms. The number of carbonyl (C=O) groups excluding carboxylic acids is 2. The molecular weight excluding hydrogens is 545 g/mol. The number of anilines is 1. The van der Waals surface area contributed by atoms with Crippen LogP contribution in [0.5, 0.6) is 5.75 Å². The third kappa shape index (κ3) is 4.39. The Balaban J connectivity index is 1.49. The van der Waals surface area contributed by atoms with Crippen LogP contribution in [-0.2, 0) is 4.79 Å². The molecule has 41 heavy (non-hydrogen) atoms. The molecule has 3 fully saturated rings. The molecule has 8 nitrogen and oxygen atoms in total. The van der Waals surface area contributed by atoms with Crippen LogP contribution in [0.4, 0.5) is 10.2 Å². The van der Waals surface area contributed by atoms with E-state index in [2.05, 4.69) is 37.3 Å². The van der Waals surface area contributed by atoms with Crippen LogP contribution in [0.15, 0.2) is 36.9 Å². The zero-order chi connectivity index (χ0) is 29.1. The van der Waals surface area contributed by atoms with E-state index in [4.69, 9.17) is 21.3 Å². The lowest BCUT2D eigenvalue weighted by Crippen LogP contribution is -2.57. The van der Waals surface area contributed by atoms with Crippen molar-refractivity contribution >= 4 is 29.2 Å². The molecule has 1 spiro atoms. The third-order valence-corrected chi connectivity index (χ3v) is 10.4. The molecule has 2 amide bonds. The van der Waals surface area contributed by atoms with E-state index in [9.17, 15) is 9.59 Å². The van der Waals surface area contributed by atoms with Gasteiger partial charge in [-0.25, -0.2) is 9.37 Å². The highest BCUT2D eigenvalue weighted by atomic mass is 35.5. The molecule has 4 aliphatic heterocycles. The summed E-state index contributed by atoms with van der Waals surface area (Å²) >= 11 is 6.95. The van der Waals surface area contributed by atoms with E-state index >= 15 is 4.39 Å². The second kappa shape index (κ2) is 10.3. The zero-order valence-corrected chi connectivity index (χ0v) is 24.7. The minimum Gasteiger partial charge on any atom is -0.489 e. The highest BCUT2D eigenvalue weighted by molar-refractivity contribution is 6.35. The smallest absolute Gasteiger partial charge is 0.261 e. The number of hydrogen-bond donors (Lipinski definition) is 0. The van der Waals surface area contributed by atoms with Crippen LogP contribution < -0.4 is 9.64 Å². The maximum absolute atomic E-state index is 15.1. The molecule has 2 aromatic rings. The Morgan fingerprint density at radius 1 is 1.15 bits per heavy atom. The Morgan fingerprint density at radius 2 is 1.85 bits per heavy atom. The summed E-state index contributed by atoms with van der Waals surface area (Å²) in [4.78, 5) is 39.8. The van der Waals surface area contributed by atoms with Gasteiger partial charge in [-0.15, -0.1) is 0 Å². The number of amides is 2. The van der Waals surface area contributed by atoms with Crippen LogP contribution in [0.25, 0.3) is 11.3 Å². The lowest BCUT2D eigenvalue weighted by molar-refractivity contribution is -0.128. The summed E-state index contributed by atoms with van der Waals surface area (Å²) in [5, 5.41) is 0.118. The van der Waals surface area contributed by atoms with Crippen molar-refractivity contribution in [3.05, 3.63) is 53.3 Å². The van der Waals surface area contributed by atoms with Gasteiger partial charge in [-0.3, -0.25) is 9.59 Å². The van der Waals surface area contributed by atoms with Gasteiger partial charge in [0.1, 0.15) is 28.8 Å².